The van der Waals surface area contributed by atoms with E-state index in [4.69, 9.17) is 17.0 Å². The van der Waals surface area contributed by atoms with Crippen LogP contribution in [0.4, 0.5) is 5.69 Å². The molecule has 0 saturated heterocycles. The molecule has 2 rings (SSSR count). The molecule has 0 unspecified atom stereocenters. The molecule has 0 heterocycles. The number of thiocarbonyl (C=S) groups is 1. The van der Waals surface area contributed by atoms with Crippen molar-refractivity contribution in [3.63, 3.8) is 0 Å². The predicted molar refractivity (Wildman–Crippen MR) is 101 cm³/mol. The van der Waals surface area contributed by atoms with E-state index in [0.29, 0.717) is 11.0 Å². The largest absolute Gasteiger partial charge is 0.495 e. The van der Waals surface area contributed by atoms with Gasteiger partial charge in [-0.25, -0.2) is 0 Å². The van der Waals surface area contributed by atoms with Crippen LogP contribution in [0.5, 0.6) is 5.75 Å². The van der Waals surface area contributed by atoms with Crippen molar-refractivity contribution in [3.8, 4) is 5.75 Å². The van der Waals surface area contributed by atoms with Crippen LogP contribution in [0.15, 0.2) is 53.2 Å². The van der Waals surface area contributed by atoms with Crippen molar-refractivity contribution in [2.24, 2.45) is 11.0 Å². The monoisotopic (exact) mass is 329 g/mol. The summed E-state index contributed by atoms with van der Waals surface area (Å²) in [6.45, 7) is 8.19. The number of hydrazone groups is 1. The number of anilines is 1. The normalized spacial score (nSPS) is 19.0. The summed E-state index contributed by atoms with van der Waals surface area (Å²) in [6, 6.07) is 7.62. The van der Waals surface area contributed by atoms with Gasteiger partial charge in [0.05, 0.1) is 18.5 Å². The van der Waals surface area contributed by atoms with Gasteiger partial charge in [-0.15, -0.1) is 0 Å². The number of benzene rings is 1. The van der Waals surface area contributed by atoms with Gasteiger partial charge in [-0.2, -0.15) is 5.10 Å². The summed E-state index contributed by atoms with van der Waals surface area (Å²) < 4.78 is 5.29. The Kier molecular flexibility index (Phi) is 5.93. The zero-order valence-corrected chi connectivity index (χ0v) is 14.7. The maximum absolute atomic E-state index is 5.31. The number of hydrogen-bond donors (Lipinski definition) is 2. The van der Waals surface area contributed by atoms with Crippen molar-refractivity contribution in [1.29, 1.82) is 0 Å². The Morgan fingerprint density at radius 2 is 2.13 bits per heavy atom. The molecule has 0 spiro atoms. The minimum absolute atomic E-state index is 0.437. The second-order valence-corrected chi connectivity index (χ2v) is 6.10. The fraction of sp³-hybridized carbons (Fsp3) is 0.333. The van der Waals surface area contributed by atoms with Gasteiger partial charge < -0.3 is 10.1 Å². The number of hydrogen-bond acceptors (Lipinski definition) is 3. The molecular formula is C18H23N3OS. The number of para-hydroxylation sites is 2. The first-order chi connectivity index (χ1) is 11.0. The molecule has 0 amide bonds. The Balaban J connectivity index is 2.01. The molecule has 1 aliphatic rings. The summed E-state index contributed by atoms with van der Waals surface area (Å²) in [5.41, 5.74) is 7.14. The molecular weight excluding hydrogens is 306 g/mol. The summed E-state index contributed by atoms with van der Waals surface area (Å²) in [4.78, 5) is 0. The van der Waals surface area contributed by atoms with Crippen LogP contribution in [0.25, 0.3) is 0 Å². The van der Waals surface area contributed by atoms with Gasteiger partial charge in [0.25, 0.3) is 0 Å². The Morgan fingerprint density at radius 3 is 2.83 bits per heavy atom. The van der Waals surface area contributed by atoms with E-state index >= 15 is 0 Å². The SMILES string of the molecule is C=C(C)[C@@H]1CC=C(C)C(=NNC(=S)Nc2ccccc2OC)C1. The highest BCUT2D eigenvalue weighted by Gasteiger charge is 2.18. The topological polar surface area (TPSA) is 45.7 Å². The molecule has 0 fully saturated rings. The van der Waals surface area contributed by atoms with Gasteiger partial charge in [0, 0.05) is 0 Å². The van der Waals surface area contributed by atoms with E-state index in [1.54, 1.807) is 7.11 Å². The highest BCUT2D eigenvalue weighted by Crippen LogP contribution is 2.26. The lowest BCUT2D eigenvalue weighted by molar-refractivity contribution is 0.417. The summed E-state index contributed by atoms with van der Waals surface area (Å²) in [6.07, 6.45) is 4.13. The highest BCUT2D eigenvalue weighted by molar-refractivity contribution is 7.80. The standard InChI is InChI=1S/C18H23N3OS/c1-12(2)14-10-9-13(3)16(11-14)20-21-18(23)19-15-7-5-6-8-17(15)22-4/h5-9,14H,1,10-11H2,2-4H3,(H2,19,21,23)/t14-/m1/s1. The lowest BCUT2D eigenvalue weighted by Gasteiger charge is -2.22. The number of allylic oxidation sites excluding steroid dienone is 3. The van der Waals surface area contributed by atoms with Crippen LogP contribution >= 0.6 is 12.2 Å². The van der Waals surface area contributed by atoms with Gasteiger partial charge in [0.2, 0.25) is 0 Å². The second kappa shape index (κ2) is 7.92. The van der Waals surface area contributed by atoms with Crippen LogP contribution in [0.1, 0.15) is 26.7 Å². The molecule has 1 aliphatic carbocycles. The van der Waals surface area contributed by atoms with Gasteiger partial charge in [0.1, 0.15) is 5.75 Å². The molecule has 5 heteroatoms. The van der Waals surface area contributed by atoms with Crippen LogP contribution in [0.2, 0.25) is 0 Å². The number of methoxy groups -OCH3 is 1. The Labute approximate surface area is 143 Å². The number of nitrogens with one attached hydrogen (secondary N) is 2. The maximum Gasteiger partial charge on any atom is 0.191 e. The lowest BCUT2D eigenvalue weighted by Crippen LogP contribution is -2.27. The second-order valence-electron chi connectivity index (χ2n) is 5.69. The Morgan fingerprint density at radius 1 is 1.39 bits per heavy atom. The molecule has 1 atom stereocenters. The fourth-order valence-electron chi connectivity index (χ4n) is 2.44. The van der Waals surface area contributed by atoms with Crippen molar-refractivity contribution in [3.05, 3.63) is 48.1 Å². The fourth-order valence-corrected chi connectivity index (χ4v) is 2.60. The van der Waals surface area contributed by atoms with E-state index in [2.05, 4.69) is 42.3 Å². The van der Waals surface area contributed by atoms with Crippen LogP contribution in [-0.4, -0.2) is 17.9 Å². The molecule has 0 radical (unpaired) electrons. The minimum atomic E-state index is 0.437. The molecule has 0 bridgehead atoms. The summed E-state index contributed by atoms with van der Waals surface area (Å²) in [7, 11) is 1.63. The average molecular weight is 329 g/mol. The first-order valence-corrected chi connectivity index (χ1v) is 8.01. The molecule has 0 aromatic heterocycles. The zero-order valence-electron chi connectivity index (χ0n) is 13.8. The quantitative estimate of drug-likeness (QED) is 0.492. The van der Waals surface area contributed by atoms with Gasteiger partial charge in [0.15, 0.2) is 5.11 Å². The smallest absolute Gasteiger partial charge is 0.191 e. The lowest BCUT2D eigenvalue weighted by atomic mass is 9.85. The van der Waals surface area contributed by atoms with E-state index in [1.807, 2.05) is 24.3 Å². The third-order valence-corrected chi connectivity index (χ3v) is 4.14. The zero-order chi connectivity index (χ0) is 16.8. The average Bonchev–Trinajstić information content (AvgIpc) is 2.54. The van der Waals surface area contributed by atoms with Gasteiger partial charge in [-0.1, -0.05) is 30.4 Å². The van der Waals surface area contributed by atoms with Crippen molar-refractivity contribution < 1.29 is 4.74 Å². The summed E-state index contributed by atoms with van der Waals surface area (Å²) >= 11 is 5.31. The third-order valence-electron chi connectivity index (χ3n) is 3.95. The van der Waals surface area contributed by atoms with E-state index in [-0.39, 0.29) is 0 Å². The highest BCUT2D eigenvalue weighted by atomic mass is 32.1. The first kappa shape index (κ1) is 17.2. The number of ether oxygens (including phenoxy) is 1. The van der Waals surface area contributed by atoms with E-state index in [0.717, 1.165) is 30.0 Å². The van der Waals surface area contributed by atoms with E-state index < -0.39 is 0 Å². The maximum atomic E-state index is 5.31. The number of rotatable bonds is 4. The third kappa shape index (κ3) is 4.66. The van der Waals surface area contributed by atoms with Crippen LogP contribution in [0, 0.1) is 5.92 Å². The molecule has 1 aromatic rings. The van der Waals surface area contributed by atoms with Crippen molar-refractivity contribution in [2.45, 2.75) is 26.7 Å². The molecule has 0 saturated carbocycles. The van der Waals surface area contributed by atoms with Crippen molar-refractivity contribution in [2.75, 3.05) is 12.4 Å². The number of nitrogens with zero attached hydrogens (tertiary/aromatic N) is 1. The molecule has 122 valence electrons. The van der Waals surface area contributed by atoms with E-state index in [1.165, 1.54) is 11.1 Å². The van der Waals surface area contributed by atoms with Gasteiger partial charge >= 0.3 is 0 Å². The predicted octanol–water partition coefficient (Wildman–Crippen LogP) is 4.27. The van der Waals surface area contributed by atoms with Gasteiger partial charge in [-0.05, 0) is 62.5 Å². The molecule has 1 aromatic carbocycles. The van der Waals surface area contributed by atoms with Crippen LogP contribution < -0.4 is 15.5 Å². The Hall–Kier alpha value is -2.14. The molecule has 23 heavy (non-hydrogen) atoms. The van der Waals surface area contributed by atoms with E-state index in [9.17, 15) is 0 Å². The molecule has 0 aliphatic heterocycles. The minimum Gasteiger partial charge on any atom is -0.495 e. The van der Waals surface area contributed by atoms with Crippen LogP contribution in [-0.2, 0) is 0 Å². The molecule has 4 nitrogen and oxygen atoms in total. The van der Waals surface area contributed by atoms with Crippen molar-refractivity contribution >= 4 is 28.7 Å². The van der Waals surface area contributed by atoms with Gasteiger partial charge in [-0.3, -0.25) is 5.43 Å². The van der Waals surface area contributed by atoms with Crippen molar-refractivity contribution in [1.82, 2.24) is 5.43 Å². The first-order valence-electron chi connectivity index (χ1n) is 7.60. The summed E-state index contributed by atoms with van der Waals surface area (Å²) in [5.74, 6) is 1.19. The van der Waals surface area contributed by atoms with Crippen LogP contribution in [0.3, 0.4) is 0 Å². The Bertz CT molecular complexity index is 664. The summed E-state index contributed by atoms with van der Waals surface area (Å²) in [5, 5.41) is 8.00. The molecule has 2 N–H and O–H groups in total.